The third-order valence-electron chi connectivity index (χ3n) is 4.30. The highest BCUT2D eigenvalue weighted by atomic mass is 32.1. The fourth-order valence-electron chi connectivity index (χ4n) is 2.89. The number of hydrogen-bond donors (Lipinski definition) is 0. The zero-order chi connectivity index (χ0) is 18.8. The number of hydrogen-bond acceptors (Lipinski definition) is 5. The van der Waals surface area contributed by atoms with E-state index in [1.807, 2.05) is 18.4 Å². The van der Waals surface area contributed by atoms with Gasteiger partial charge in [-0.3, -0.25) is 9.69 Å². The van der Waals surface area contributed by atoms with Crippen LogP contribution in [0, 0.1) is 6.92 Å². The van der Waals surface area contributed by atoms with E-state index in [0.29, 0.717) is 28.3 Å². The number of rotatable bonds is 4. The Bertz CT molecular complexity index is 922. The third-order valence-corrected chi connectivity index (χ3v) is 5.26. The van der Waals surface area contributed by atoms with Crippen LogP contribution in [0.1, 0.15) is 17.4 Å². The molecule has 0 saturated heterocycles. The van der Waals surface area contributed by atoms with Gasteiger partial charge in [0.15, 0.2) is 0 Å². The Labute approximate surface area is 156 Å². The van der Waals surface area contributed by atoms with Gasteiger partial charge < -0.3 is 9.47 Å². The number of nitrogens with zero attached hydrogens (tertiary/aromatic N) is 1. The van der Waals surface area contributed by atoms with E-state index in [1.165, 1.54) is 23.3 Å². The Morgan fingerprint density at radius 1 is 1.12 bits per heavy atom. The van der Waals surface area contributed by atoms with Crippen LogP contribution < -0.4 is 9.64 Å². The first-order valence-electron chi connectivity index (χ1n) is 8.01. The predicted octanol–water partition coefficient (Wildman–Crippen LogP) is 3.94. The number of esters is 1. The van der Waals surface area contributed by atoms with Crippen LogP contribution in [0.3, 0.4) is 0 Å². The van der Waals surface area contributed by atoms with Gasteiger partial charge in [-0.1, -0.05) is 0 Å². The maximum atomic E-state index is 13.1. The average molecular weight is 369 g/mol. The SMILES string of the molecule is COC(=O)C1=C(C)N(c2ccc(OC)cc2)C(=O)/C1=C\c1sccc1C. The van der Waals surface area contributed by atoms with Crippen LogP contribution in [0.5, 0.6) is 5.75 Å². The van der Waals surface area contributed by atoms with Gasteiger partial charge in [0.25, 0.3) is 5.91 Å². The van der Waals surface area contributed by atoms with Gasteiger partial charge in [-0.15, -0.1) is 11.3 Å². The molecule has 0 aliphatic carbocycles. The summed E-state index contributed by atoms with van der Waals surface area (Å²) in [6, 6.07) is 9.10. The van der Waals surface area contributed by atoms with E-state index in [-0.39, 0.29) is 5.91 Å². The lowest BCUT2D eigenvalue weighted by Crippen LogP contribution is -2.24. The van der Waals surface area contributed by atoms with Gasteiger partial charge >= 0.3 is 5.97 Å². The van der Waals surface area contributed by atoms with E-state index in [4.69, 9.17) is 9.47 Å². The van der Waals surface area contributed by atoms with Crippen molar-refractivity contribution in [2.75, 3.05) is 19.1 Å². The van der Waals surface area contributed by atoms with Gasteiger partial charge in [0, 0.05) is 16.3 Å². The molecule has 2 aromatic rings. The third kappa shape index (κ3) is 3.04. The van der Waals surface area contributed by atoms with Gasteiger partial charge in [-0.2, -0.15) is 0 Å². The number of carbonyl (C=O) groups excluding carboxylic acids is 2. The standard InChI is InChI=1S/C20H19NO4S/c1-12-9-10-26-17(12)11-16-18(20(23)25-4)13(2)21(19(16)22)14-5-7-15(24-3)8-6-14/h5-11H,1-4H3/b16-11-. The number of benzene rings is 1. The second-order valence-corrected chi connectivity index (χ2v) is 6.76. The number of allylic oxidation sites excluding steroid dienone is 1. The van der Waals surface area contributed by atoms with Crippen molar-refractivity contribution in [2.45, 2.75) is 13.8 Å². The summed E-state index contributed by atoms with van der Waals surface area (Å²) >= 11 is 1.52. The lowest BCUT2D eigenvalue weighted by molar-refractivity contribution is -0.136. The Balaban J connectivity index is 2.11. The molecule has 5 nitrogen and oxygen atoms in total. The summed E-state index contributed by atoms with van der Waals surface area (Å²) in [4.78, 5) is 27.9. The van der Waals surface area contributed by atoms with Crippen LogP contribution >= 0.6 is 11.3 Å². The molecule has 26 heavy (non-hydrogen) atoms. The quantitative estimate of drug-likeness (QED) is 0.605. The zero-order valence-corrected chi connectivity index (χ0v) is 15.8. The molecule has 0 spiro atoms. The van der Waals surface area contributed by atoms with Crippen LogP contribution in [0.25, 0.3) is 6.08 Å². The Morgan fingerprint density at radius 3 is 2.35 bits per heavy atom. The van der Waals surface area contributed by atoms with Crippen molar-refractivity contribution in [2.24, 2.45) is 0 Å². The topological polar surface area (TPSA) is 55.8 Å². The Kier molecular flexibility index (Phi) is 4.95. The van der Waals surface area contributed by atoms with E-state index >= 15 is 0 Å². The van der Waals surface area contributed by atoms with E-state index in [1.54, 1.807) is 44.4 Å². The van der Waals surface area contributed by atoms with E-state index < -0.39 is 5.97 Å². The summed E-state index contributed by atoms with van der Waals surface area (Å²) in [5.41, 5.74) is 2.91. The normalized spacial score (nSPS) is 15.8. The first-order chi connectivity index (χ1) is 12.5. The number of ether oxygens (including phenoxy) is 2. The maximum Gasteiger partial charge on any atom is 0.340 e. The molecule has 6 heteroatoms. The first kappa shape index (κ1) is 17.9. The number of carbonyl (C=O) groups is 2. The summed E-state index contributed by atoms with van der Waals surface area (Å²) in [7, 11) is 2.90. The van der Waals surface area contributed by atoms with Crippen molar-refractivity contribution in [1.29, 1.82) is 0 Å². The molecule has 0 saturated carbocycles. The summed E-state index contributed by atoms with van der Waals surface area (Å²) < 4.78 is 10.1. The van der Waals surface area contributed by atoms with Gasteiger partial charge in [-0.25, -0.2) is 4.79 Å². The minimum Gasteiger partial charge on any atom is -0.497 e. The van der Waals surface area contributed by atoms with E-state index in [9.17, 15) is 9.59 Å². The number of thiophene rings is 1. The summed E-state index contributed by atoms with van der Waals surface area (Å²) in [5, 5.41) is 1.96. The van der Waals surface area contributed by atoms with Crippen molar-refractivity contribution < 1.29 is 19.1 Å². The van der Waals surface area contributed by atoms with Gasteiger partial charge in [0.1, 0.15) is 5.75 Å². The molecule has 134 valence electrons. The molecule has 0 bridgehead atoms. The second kappa shape index (κ2) is 7.17. The van der Waals surface area contributed by atoms with Gasteiger partial charge in [0.05, 0.1) is 25.4 Å². The van der Waals surface area contributed by atoms with Crippen molar-refractivity contribution in [3.8, 4) is 5.75 Å². The molecule has 0 atom stereocenters. The van der Waals surface area contributed by atoms with Crippen LogP contribution in [0.15, 0.2) is 52.6 Å². The largest absolute Gasteiger partial charge is 0.497 e. The molecule has 1 aromatic heterocycles. The highest BCUT2D eigenvalue weighted by molar-refractivity contribution is 7.11. The molecule has 1 aliphatic rings. The number of anilines is 1. The monoisotopic (exact) mass is 369 g/mol. The van der Waals surface area contributed by atoms with Crippen molar-refractivity contribution in [3.63, 3.8) is 0 Å². The fraction of sp³-hybridized carbons (Fsp3) is 0.200. The van der Waals surface area contributed by atoms with Crippen molar-refractivity contribution >= 4 is 35.0 Å². The lowest BCUT2D eigenvalue weighted by atomic mass is 10.1. The molecule has 0 fully saturated rings. The smallest absolute Gasteiger partial charge is 0.340 e. The summed E-state index contributed by atoms with van der Waals surface area (Å²) in [6.45, 7) is 3.72. The molecule has 0 unspecified atom stereocenters. The predicted molar refractivity (Wildman–Crippen MR) is 102 cm³/mol. The second-order valence-electron chi connectivity index (χ2n) is 5.82. The highest BCUT2D eigenvalue weighted by Crippen LogP contribution is 2.36. The Hall–Kier alpha value is -2.86. The molecule has 1 aromatic carbocycles. The maximum absolute atomic E-state index is 13.1. The van der Waals surface area contributed by atoms with Crippen LogP contribution in [0.2, 0.25) is 0 Å². The first-order valence-corrected chi connectivity index (χ1v) is 8.89. The molecule has 0 radical (unpaired) electrons. The van der Waals surface area contributed by atoms with Crippen LogP contribution in [0.4, 0.5) is 5.69 Å². The van der Waals surface area contributed by atoms with Crippen molar-refractivity contribution in [1.82, 2.24) is 0 Å². The molecular weight excluding hydrogens is 350 g/mol. The minimum atomic E-state index is -0.521. The van der Waals surface area contributed by atoms with Crippen molar-refractivity contribution in [3.05, 3.63) is 63.0 Å². The molecule has 2 heterocycles. The fourth-order valence-corrected chi connectivity index (χ4v) is 3.74. The molecular formula is C20H19NO4S. The van der Waals surface area contributed by atoms with Gasteiger partial charge in [0.2, 0.25) is 0 Å². The molecule has 1 amide bonds. The number of methoxy groups -OCH3 is 2. The number of amides is 1. The summed E-state index contributed by atoms with van der Waals surface area (Å²) in [6.07, 6.45) is 1.77. The number of aryl methyl sites for hydroxylation is 1. The average Bonchev–Trinajstić information content (AvgIpc) is 3.16. The highest BCUT2D eigenvalue weighted by Gasteiger charge is 2.38. The molecule has 0 N–H and O–H groups in total. The minimum absolute atomic E-state index is 0.249. The van der Waals surface area contributed by atoms with E-state index in [2.05, 4.69) is 0 Å². The Morgan fingerprint density at radius 2 is 1.81 bits per heavy atom. The zero-order valence-electron chi connectivity index (χ0n) is 15.0. The van der Waals surface area contributed by atoms with Crippen LogP contribution in [-0.2, 0) is 14.3 Å². The van der Waals surface area contributed by atoms with Gasteiger partial charge in [-0.05, 0) is 61.2 Å². The molecule has 1 aliphatic heterocycles. The summed E-state index contributed by atoms with van der Waals surface area (Å²) in [5.74, 6) is -0.0756. The van der Waals surface area contributed by atoms with E-state index in [0.717, 1.165) is 10.4 Å². The lowest BCUT2D eigenvalue weighted by Gasteiger charge is -2.18. The molecule has 3 rings (SSSR count). The van der Waals surface area contributed by atoms with Crippen LogP contribution in [-0.4, -0.2) is 26.1 Å².